The molecule has 0 aliphatic carbocycles. The lowest BCUT2D eigenvalue weighted by Gasteiger charge is -2.46. The van der Waals surface area contributed by atoms with Crippen LogP contribution in [0.2, 0.25) is 28.3 Å². The third kappa shape index (κ3) is 7.27. The molecule has 3 aromatic heterocycles. The van der Waals surface area contributed by atoms with Crippen molar-refractivity contribution in [1.82, 2.24) is 30.2 Å². The highest BCUT2D eigenvalue weighted by Crippen LogP contribution is 2.42. The van der Waals surface area contributed by atoms with Crippen molar-refractivity contribution in [3.8, 4) is 11.5 Å². The van der Waals surface area contributed by atoms with E-state index in [1.54, 1.807) is 6.92 Å². The van der Waals surface area contributed by atoms with E-state index in [-0.39, 0.29) is 69.9 Å². The maximum atomic E-state index is 14.6. The van der Waals surface area contributed by atoms with E-state index < -0.39 is 36.6 Å². The molecule has 1 fully saturated rings. The van der Waals surface area contributed by atoms with Gasteiger partial charge >= 0.3 is 11.8 Å². The van der Waals surface area contributed by atoms with Crippen LogP contribution in [0.4, 0.5) is 9.18 Å². The van der Waals surface area contributed by atoms with Gasteiger partial charge in [-0.15, -0.1) is 0 Å². The number of fused-ring (bicyclic) bond motifs is 1. The molecule has 246 valence electrons. The third-order valence-corrected chi connectivity index (χ3v) is 13.6. The lowest BCUT2D eigenvalue weighted by molar-refractivity contribution is 0.0537. The van der Waals surface area contributed by atoms with Gasteiger partial charge in [-0.1, -0.05) is 57.8 Å². The quantitative estimate of drug-likeness (QED) is 0.158. The number of hydrogen-bond donors (Lipinski definition) is 2. The fourth-order valence-electron chi connectivity index (χ4n) is 4.85. The molecule has 0 spiro atoms. The summed E-state index contributed by atoms with van der Waals surface area (Å²) in [6, 6.07) is 0.999. The molecule has 0 aromatic carbocycles. The van der Waals surface area contributed by atoms with Crippen LogP contribution in [-0.4, -0.2) is 71.6 Å². The fraction of sp³-hybridized carbons (Fsp3) is 0.567. The Balaban J connectivity index is 1.71. The van der Waals surface area contributed by atoms with Crippen LogP contribution in [0.5, 0.6) is 11.5 Å². The predicted octanol–water partition coefficient (Wildman–Crippen LogP) is 6.39. The first kappa shape index (κ1) is 35.0. The van der Waals surface area contributed by atoms with Crippen LogP contribution < -0.4 is 20.5 Å². The van der Waals surface area contributed by atoms with E-state index in [0.717, 1.165) is 6.07 Å². The molecule has 0 bridgehead atoms. The minimum atomic E-state index is -2.02. The van der Waals surface area contributed by atoms with E-state index in [4.69, 9.17) is 37.1 Å². The Morgan fingerprint density at radius 2 is 1.91 bits per heavy atom. The van der Waals surface area contributed by atoms with Crippen molar-refractivity contribution < 1.29 is 23.1 Å². The standard InChI is InChI=1S/C30H41Cl2FN6O5Si/c1-16(2)21-23(22(19(31)13-34-21)42-10-11-43-45(8,9)29(4,5)6)44-28(41)39-14-17(3)35-15-30(39,7)24-18-12-20(33)25(32)37-26(18)38-27(40)36-24/h12-13,16-17,35H,10-11,14-15H2,1-9H3,(H,36,37,38,40). The Morgan fingerprint density at radius 3 is 2.56 bits per heavy atom. The number of pyridine rings is 2. The molecule has 1 aliphatic rings. The number of halogens is 3. The smallest absolute Gasteiger partial charge is 0.416 e. The Morgan fingerprint density at radius 1 is 1.22 bits per heavy atom. The van der Waals surface area contributed by atoms with Gasteiger partial charge in [0.25, 0.3) is 0 Å². The van der Waals surface area contributed by atoms with E-state index >= 15 is 0 Å². The number of aromatic nitrogens is 4. The first-order chi connectivity index (χ1) is 20.9. The van der Waals surface area contributed by atoms with Crippen LogP contribution in [0.15, 0.2) is 17.1 Å². The van der Waals surface area contributed by atoms with Gasteiger partial charge in [0.15, 0.2) is 30.8 Å². The normalized spacial score (nSPS) is 19.3. The van der Waals surface area contributed by atoms with Crippen molar-refractivity contribution in [2.75, 3.05) is 26.3 Å². The number of aromatic amines is 1. The van der Waals surface area contributed by atoms with Gasteiger partial charge in [-0.05, 0) is 44.0 Å². The highest BCUT2D eigenvalue weighted by atomic mass is 35.5. The summed E-state index contributed by atoms with van der Waals surface area (Å²) in [5.74, 6) is -0.680. The van der Waals surface area contributed by atoms with Crippen molar-refractivity contribution in [2.24, 2.45) is 0 Å². The molecule has 2 atom stereocenters. The van der Waals surface area contributed by atoms with Gasteiger partial charge in [0, 0.05) is 30.7 Å². The zero-order valence-corrected chi connectivity index (χ0v) is 29.6. The molecule has 2 N–H and O–H groups in total. The summed E-state index contributed by atoms with van der Waals surface area (Å²) in [6.45, 7) is 19.1. The minimum absolute atomic E-state index is 0.0256. The maximum Gasteiger partial charge on any atom is 0.416 e. The predicted molar refractivity (Wildman–Crippen MR) is 175 cm³/mol. The van der Waals surface area contributed by atoms with Crippen LogP contribution in [0, 0.1) is 5.82 Å². The molecule has 0 saturated carbocycles. The van der Waals surface area contributed by atoms with E-state index in [1.165, 1.54) is 11.1 Å². The number of H-pyrrole nitrogens is 1. The van der Waals surface area contributed by atoms with Gasteiger partial charge in [-0.25, -0.2) is 19.0 Å². The highest BCUT2D eigenvalue weighted by molar-refractivity contribution is 6.74. The number of nitrogens with zero attached hydrogens (tertiary/aromatic N) is 4. The summed E-state index contributed by atoms with van der Waals surface area (Å²) >= 11 is 12.5. The first-order valence-corrected chi connectivity index (χ1v) is 18.5. The summed E-state index contributed by atoms with van der Waals surface area (Å²) in [4.78, 5) is 43.3. The molecule has 1 saturated heterocycles. The summed E-state index contributed by atoms with van der Waals surface area (Å²) < 4.78 is 33.1. The van der Waals surface area contributed by atoms with Crippen molar-refractivity contribution in [3.63, 3.8) is 0 Å². The number of rotatable bonds is 8. The van der Waals surface area contributed by atoms with Crippen LogP contribution in [0.25, 0.3) is 11.0 Å². The Kier molecular flexibility index (Phi) is 10.2. The topological polar surface area (TPSA) is 132 Å². The monoisotopic (exact) mass is 682 g/mol. The van der Waals surface area contributed by atoms with Gasteiger partial charge in [0.2, 0.25) is 0 Å². The van der Waals surface area contributed by atoms with Crippen molar-refractivity contribution in [1.29, 1.82) is 0 Å². The van der Waals surface area contributed by atoms with Crippen molar-refractivity contribution in [3.05, 3.63) is 50.1 Å². The second-order valence-corrected chi connectivity index (χ2v) is 18.9. The third-order valence-electron chi connectivity index (χ3n) is 8.51. The minimum Gasteiger partial charge on any atom is -0.486 e. The summed E-state index contributed by atoms with van der Waals surface area (Å²) in [6.07, 6.45) is 0.714. The lowest BCUT2D eigenvalue weighted by Crippen LogP contribution is -2.63. The number of hydrogen-bond acceptors (Lipinski definition) is 9. The summed E-state index contributed by atoms with van der Waals surface area (Å²) in [5, 5.41) is 3.33. The molecular formula is C30H41Cl2FN6O5Si. The molecule has 11 nitrogen and oxygen atoms in total. The van der Waals surface area contributed by atoms with Crippen molar-refractivity contribution >= 4 is 48.6 Å². The Labute approximate surface area is 273 Å². The molecule has 45 heavy (non-hydrogen) atoms. The molecule has 2 unspecified atom stereocenters. The maximum absolute atomic E-state index is 14.6. The van der Waals surface area contributed by atoms with Gasteiger partial charge in [0.1, 0.15) is 17.3 Å². The second kappa shape index (κ2) is 13.1. The molecule has 4 rings (SSSR count). The van der Waals surface area contributed by atoms with E-state index in [1.807, 2.05) is 20.8 Å². The second-order valence-electron chi connectivity index (χ2n) is 13.3. The van der Waals surface area contributed by atoms with Crippen LogP contribution in [0.1, 0.15) is 65.8 Å². The van der Waals surface area contributed by atoms with E-state index in [9.17, 15) is 14.0 Å². The number of carbonyl (C=O) groups is 1. The lowest BCUT2D eigenvalue weighted by atomic mass is 9.89. The number of ether oxygens (including phenoxy) is 2. The average Bonchev–Trinajstić information content (AvgIpc) is 2.93. The van der Waals surface area contributed by atoms with E-state index in [2.05, 4.69) is 59.1 Å². The average molecular weight is 684 g/mol. The van der Waals surface area contributed by atoms with Crippen LogP contribution >= 0.6 is 23.2 Å². The van der Waals surface area contributed by atoms with Gasteiger partial charge in [-0.3, -0.25) is 14.9 Å². The van der Waals surface area contributed by atoms with Gasteiger partial charge in [0.05, 0.1) is 23.5 Å². The molecule has 1 amide bonds. The zero-order valence-electron chi connectivity index (χ0n) is 27.1. The zero-order chi connectivity index (χ0) is 33.5. The van der Waals surface area contributed by atoms with Crippen molar-refractivity contribution in [2.45, 2.75) is 84.1 Å². The molecule has 1 aliphatic heterocycles. The molecule has 15 heteroatoms. The fourth-order valence-corrected chi connectivity index (χ4v) is 6.21. The number of piperazine rings is 1. The van der Waals surface area contributed by atoms with E-state index in [0.29, 0.717) is 12.3 Å². The summed E-state index contributed by atoms with van der Waals surface area (Å²) in [7, 11) is -2.02. The first-order valence-electron chi connectivity index (χ1n) is 14.8. The van der Waals surface area contributed by atoms with Crippen LogP contribution in [-0.2, 0) is 9.96 Å². The number of amides is 1. The molecule has 0 radical (unpaired) electrons. The Hall–Kier alpha value is -2.84. The largest absolute Gasteiger partial charge is 0.486 e. The molecule has 3 aromatic rings. The van der Waals surface area contributed by atoms with Crippen LogP contribution in [0.3, 0.4) is 0 Å². The van der Waals surface area contributed by atoms with Gasteiger partial charge < -0.3 is 19.2 Å². The molecule has 4 heterocycles. The Bertz CT molecular complexity index is 1650. The number of carbonyl (C=O) groups excluding carboxylic acids is 1. The number of nitrogens with one attached hydrogen (secondary N) is 2. The molecular weight excluding hydrogens is 642 g/mol. The van der Waals surface area contributed by atoms with Gasteiger partial charge in [-0.2, -0.15) is 4.98 Å². The SMILES string of the molecule is CC1CN(C(=O)Oc2c(C(C)C)ncc(Cl)c2OCCO[Si](C)(C)C(C)(C)C)C(C)(c2nc(=O)[nH]c3nc(Cl)c(F)cc23)CN1. The highest BCUT2D eigenvalue weighted by Gasteiger charge is 2.45. The summed E-state index contributed by atoms with van der Waals surface area (Å²) in [5.41, 5.74) is -1.34.